The Balaban J connectivity index is 2.48. The molecular formula is C14H18N2O. The van der Waals surface area contributed by atoms with Gasteiger partial charge < -0.3 is 4.84 Å². The van der Waals surface area contributed by atoms with E-state index >= 15 is 0 Å². The highest BCUT2D eigenvalue weighted by molar-refractivity contribution is 5.79. The third kappa shape index (κ3) is 2.46. The average Bonchev–Trinajstić information content (AvgIpc) is 2.28. The number of aryl methyl sites for hydroxylation is 1. The molecule has 0 atom stereocenters. The van der Waals surface area contributed by atoms with Gasteiger partial charge in [0, 0.05) is 16.5 Å². The number of nitrogens with zero attached hydrogens (tertiary/aromatic N) is 1. The lowest BCUT2D eigenvalue weighted by Crippen LogP contribution is -2.26. The van der Waals surface area contributed by atoms with Gasteiger partial charge in [-0.05, 0) is 30.7 Å². The van der Waals surface area contributed by atoms with Gasteiger partial charge in [-0.2, -0.15) is 0 Å². The van der Waals surface area contributed by atoms with Crippen LogP contribution in [0.5, 0.6) is 0 Å². The van der Waals surface area contributed by atoms with Gasteiger partial charge >= 0.3 is 0 Å². The quantitative estimate of drug-likeness (QED) is 0.825. The minimum Gasteiger partial charge on any atom is -0.304 e. The van der Waals surface area contributed by atoms with Crippen LogP contribution in [0.15, 0.2) is 30.3 Å². The Morgan fingerprint density at radius 3 is 2.71 bits per heavy atom. The molecule has 0 aliphatic rings. The molecule has 0 saturated heterocycles. The summed E-state index contributed by atoms with van der Waals surface area (Å²) in [4.78, 5) is 9.27. The van der Waals surface area contributed by atoms with Gasteiger partial charge in [-0.15, -0.1) is 0 Å². The molecule has 2 aromatic rings. The lowest BCUT2D eigenvalue weighted by Gasteiger charge is -2.24. The molecule has 0 aliphatic carbocycles. The molecule has 1 aromatic carbocycles. The second-order valence-electron chi connectivity index (χ2n) is 5.06. The largest absolute Gasteiger partial charge is 0.304 e. The Morgan fingerprint density at radius 2 is 2.00 bits per heavy atom. The van der Waals surface area contributed by atoms with Gasteiger partial charge in [0.2, 0.25) is 0 Å². The van der Waals surface area contributed by atoms with Crippen molar-refractivity contribution in [3.8, 4) is 0 Å². The van der Waals surface area contributed by atoms with E-state index in [0.29, 0.717) is 6.61 Å². The van der Waals surface area contributed by atoms with Crippen molar-refractivity contribution >= 4 is 10.9 Å². The SMILES string of the molecule is Cc1ccc2cc(C(C)(C)CON)ccc2n1. The first kappa shape index (κ1) is 12.0. The minimum absolute atomic E-state index is 0.0895. The van der Waals surface area contributed by atoms with E-state index in [4.69, 9.17) is 10.7 Å². The molecule has 0 radical (unpaired) electrons. The molecule has 3 nitrogen and oxygen atoms in total. The van der Waals surface area contributed by atoms with Crippen LogP contribution < -0.4 is 5.90 Å². The predicted octanol–water partition coefficient (Wildman–Crippen LogP) is 2.71. The van der Waals surface area contributed by atoms with Crippen LogP contribution in [0.3, 0.4) is 0 Å². The minimum atomic E-state index is -0.0895. The third-order valence-electron chi connectivity index (χ3n) is 3.05. The second-order valence-corrected chi connectivity index (χ2v) is 5.06. The van der Waals surface area contributed by atoms with Gasteiger partial charge in [0.25, 0.3) is 0 Å². The summed E-state index contributed by atoms with van der Waals surface area (Å²) in [6.07, 6.45) is 0. The highest BCUT2D eigenvalue weighted by Gasteiger charge is 2.21. The highest BCUT2D eigenvalue weighted by atomic mass is 16.6. The first-order valence-electron chi connectivity index (χ1n) is 5.72. The average molecular weight is 230 g/mol. The highest BCUT2D eigenvalue weighted by Crippen LogP contribution is 2.26. The van der Waals surface area contributed by atoms with Crippen molar-refractivity contribution in [3.63, 3.8) is 0 Å². The molecule has 17 heavy (non-hydrogen) atoms. The lowest BCUT2D eigenvalue weighted by atomic mass is 9.85. The number of rotatable bonds is 3. The van der Waals surface area contributed by atoms with Gasteiger partial charge in [0.05, 0.1) is 12.1 Å². The van der Waals surface area contributed by atoms with Gasteiger partial charge in [-0.1, -0.05) is 26.0 Å². The molecule has 0 saturated carbocycles. The molecule has 0 aliphatic heterocycles. The fourth-order valence-corrected chi connectivity index (χ4v) is 1.94. The molecule has 2 rings (SSSR count). The van der Waals surface area contributed by atoms with Crippen molar-refractivity contribution in [2.75, 3.05) is 6.61 Å². The van der Waals surface area contributed by atoms with Gasteiger partial charge in [-0.3, -0.25) is 4.98 Å². The van der Waals surface area contributed by atoms with Crippen LogP contribution in [0, 0.1) is 6.92 Å². The van der Waals surface area contributed by atoms with E-state index in [-0.39, 0.29) is 5.41 Å². The maximum Gasteiger partial charge on any atom is 0.0770 e. The summed E-state index contributed by atoms with van der Waals surface area (Å²) in [5.74, 6) is 5.17. The summed E-state index contributed by atoms with van der Waals surface area (Å²) in [5.41, 5.74) is 3.18. The van der Waals surface area contributed by atoms with E-state index in [1.807, 2.05) is 13.0 Å². The third-order valence-corrected chi connectivity index (χ3v) is 3.05. The van der Waals surface area contributed by atoms with E-state index < -0.39 is 0 Å². The summed E-state index contributed by atoms with van der Waals surface area (Å²) in [7, 11) is 0. The molecule has 0 fully saturated rings. The Kier molecular flexibility index (Phi) is 3.13. The molecule has 0 bridgehead atoms. The van der Waals surface area contributed by atoms with E-state index in [9.17, 15) is 0 Å². The van der Waals surface area contributed by atoms with Crippen LogP contribution in [0.2, 0.25) is 0 Å². The summed E-state index contributed by atoms with van der Waals surface area (Å²) in [5, 5.41) is 1.15. The van der Waals surface area contributed by atoms with Crippen molar-refractivity contribution in [3.05, 3.63) is 41.6 Å². The zero-order valence-electron chi connectivity index (χ0n) is 10.5. The van der Waals surface area contributed by atoms with Crippen molar-refractivity contribution in [2.45, 2.75) is 26.2 Å². The van der Waals surface area contributed by atoms with Crippen LogP contribution in [-0.2, 0) is 10.3 Å². The van der Waals surface area contributed by atoms with Gasteiger partial charge in [0.15, 0.2) is 0 Å². The van der Waals surface area contributed by atoms with E-state index in [1.165, 1.54) is 5.56 Å². The molecule has 2 N–H and O–H groups in total. The Hall–Kier alpha value is -1.45. The van der Waals surface area contributed by atoms with Crippen molar-refractivity contribution in [1.82, 2.24) is 4.98 Å². The summed E-state index contributed by atoms with van der Waals surface area (Å²) >= 11 is 0. The van der Waals surface area contributed by atoms with Crippen molar-refractivity contribution in [2.24, 2.45) is 5.90 Å². The number of benzene rings is 1. The standard InChI is InChI=1S/C14H18N2O/c1-10-4-5-11-8-12(6-7-13(11)16-10)14(2,3)9-17-15/h4-8H,9,15H2,1-3H3. The smallest absolute Gasteiger partial charge is 0.0770 e. The summed E-state index contributed by atoms with van der Waals surface area (Å²) in [6.45, 7) is 6.72. The number of pyridine rings is 1. The fraction of sp³-hybridized carbons (Fsp3) is 0.357. The topological polar surface area (TPSA) is 48.1 Å². The number of hydrogen-bond acceptors (Lipinski definition) is 3. The fourth-order valence-electron chi connectivity index (χ4n) is 1.94. The van der Waals surface area contributed by atoms with Crippen LogP contribution in [0.1, 0.15) is 25.1 Å². The first-order valence-corrected chi connectivity index (χ1v) is 5.72. The van der Waals surface area contributed by atoms with Crippen molar-refractivity contribution < 1.29 is 4.84 Å². The monoisotopic (exact) mass is 230 g/mol. The zero-order chi connectivity index (χ0) is 12.5. The molecule has 1 heterocycles. The zero-order valence-corrected chi connectivity index (χ0v) is 10.5. The molecular weight excluding hydrogens is 212 g/mol. The predicted molar refractivity (Wildman–Crippen MR) is 69.6 cm³/mol. The molecule has 0 unspecified atom stereocenters. The van der Waals surface area contributed by atoms with E-state index in [2.05, 4.69) is 43.1 Å². The maximum absolute atomic E-state index is 5.17. The maximum atomic E-state index is 5.17. The molecule has 0 amide bonds. The number of hydrogen-bond donors (Lipinski definition) is 1. The Bertz CT molecular complexity index is 535. The second kappa shape index (κ2) is 4.43. The van der Waals surface area contributed by atoms with Crippen LogP contribution in [-0.4, -0.2) is 11.6 Å². The molecule has 1 aromatic heterocycles. The summed E-state index contributed by atoms with van der Waals surface area (Å²) in [6, 6.07) is 10.4. The number of fused-ring (bicyclic) bond motifs is 1. The van der Waals surface area contributed by atoms with Gasteiger partial charge in [-0.25, -0.2) is 5.90 Å². The molecule has 3 heteroatoms. The van der Waals surface area contributed by atoms with Crippen LogP contribution in [0.25, 0.3) is 10.9 Å². The Morgan fingerprint density at radius 1 is 1.24 bits per heavy atom. The number of aromatic nitrogens is 1. The lowest BCUT2D eigenvalue weighted by molar-refractivity contribution is 0.0965. The van der Waals surface area contributed by atoms with Gasteiger partial charge in [0.1, 0.15) is 0 Å². The first-order chi connectivity index (χ1) is 8.03. The summed E-state index contributed by atoms with van der Waals surface area (Å²) < 4.78 is 0. The molecule has 90 valence electrons. The molecule has 0 spiro atoms. The number of nitrogens with two attached hydrogens (primary N) is 1. The Labute approximate surface area is 102 Å². The van der Waals surface area contributed by atoms with Crippen LogP contribution in [0.4, 0.5) is 0 Å². The van der Waals surface area contributed by atoms with Crippen molar-refractivity contribution in [1.29, 1.82) is 0 Å². The van der Waals surface area contributed by atoms with E-state index in [0.717, 1.165) is 16.6 Å². The van der Waals surface area contributed by atoms with E-state index in [1.54, 1.807) is 0 Å². The normalized spacial score (nSPS) is 12.0. The van der Waals surface area contributed by atoms with Crippen LogP contribution >= 0.6 is 0 Å².